The molecule has 6 aromatic carbocycles. The highest BCUT2D eigenvalue weighted by Crippen LogP contribution is 2.37. The van der Waals surface area contributed by atoms with Gasteiger partial charge in [0.2, 0.25) is 0 Å². The fourth-order valence-corrected chi connectivity index (χ4v) is 15.4. The lowest BCUT2D eigenvalue weighted by molar-refractivity contribution is -0.120. The van der Waals surface area contributed by atoms with E-state index < -0.39 is 56.0 Å². The highest BCUT2D eigenvalue weighted by atomic mass is 79.9. The highest BCUT2D eigenvalue weighted by molar-refractivity contribution is 9.10. The maximum atomic E-state index is 14.2. The van der Waals surface area contributed by atoms with Gasteiger partial charge in [-0.15, -0.1) is 0 Å². The van der Waals surface area contributed by atoms with E-state index in [4.69, 9.17) is 10.0 Å². The molecule has 0 bridgehead atoms. The summed E-state index contributed by atoms with van der Waals surface area (Å²) in [6.45, 7) is 8.32. The standard InChI is InChI=1S/C35H33F2N3O3S.C25H22BrF2N3O.C10H13BO4S/c1-22-11-33-34(12-23(22)2)40(21-39-33)19-30(41)16-27(13-25-14-28(36)18-29(37)15-25)35-32(7-4-10-38-35)26-5-3-6-31(17-26)44(42,43)20-24-8-9-24;1-15-6-23-24(7-16(15)2)31(14-30-23)13-21(32)11-18(25-22(26)4-3-5-29-25)8-17-9-19(27)12-20(28)10-17;12-11(13)9-2-1-3-10(6-9)16(14,15)7-8-4-5-8/h3-7,10-12,14-15,17-18,21,24,27H,8-9,13,16,19-20H2,1-2H3;3-7,9-10,12,14,18H,8,11,13H2,1-2H3;1-3,6,8,12-13H,4-5,7H2/t27-;18-;/m11./s1. The van der Waals surface area contributed by atoms with Crippen LogP contribution in [-0.4, -0.2) is 86.1 Å². The van der Waals surface area contributed by atoms with Crippen LogP contribution in [0.15, 0.2) is 173 Å². The summed E-state index contributed by atoms with van der Waals surface area (Å²) in [5, 5.41) is 17.9. The zero-order valence-corrected chi connectivity index (χ0v) is 54.3. The number of Topliss-reactive ketones (excluding diaryl/α,β-unsaturated/α-hetero) is 2. The number of sulfone groups is 2. The van der Waals surface area contributed by atoms with Gasteiger partial charge in [0.15, 0.2) is 31.2 Å². The molecule has 0 unspecified atom stereocenters. The molecule has 2 atom stereocenters. The molecule has 2 aliphatic rings. The van der Waals surface area contributed by atoms with E-state index in [1.54, 1.807) is 55.4 Å². The van der Waals surface area contributed by atoms with Crippen molar-refractivity contribution in [2.75, 3.05) is 11.5 Å². The van der Waals surface area contributed by atoms with E-state index >= 15 is 0 Å². The third kappa shape index (κ3) is 17.4. The van der Waals surface area contributed by atoms with Gasteiger partial charge >= 0.3 is 7.12 Å². The maximum Gasteiger partial charge on any atom is 0.488 e. The Labute approximate surface area is 541 Å². The van der Waals surface area contributed by atoms with Crippen molar-refractivity contribution in [1.29, 1.82) is 0 Å². The number of halogens is 5. The summed E-state index contributed by atoms with van der Waals surface area (Å²) in [6, 6.07) is 34.7. The fourth-order valence-electron chi connectivity index (χ4n) is 11.3. The topological polar surface area (TPSA) is 204 Å². The number of hydrogen-bond donors (Lipinski definition) is 2. The molecule has 2 saturated carbocycles. The van der Waals surface area contributed by atoms with Crippen molar-refractivity contribution in [1.82, 2.24) is 29.1 Å². The van der Waals surface area contributed by atoms with Crippen LogP contribution in [0, 0.1) is 62.8 Å². The van der Waals surface area contributed by atoms with Crippen LogP contribution in [0.4, 0.5) is 17.6 Å². The second-order valence-corrected chi connectivity index (χ2v) is 29.1. The van der Waals surface area contributed by atoms with Crippen molar-refractivity contribution in [3.05, 3.63) is 231 Å². The van der Waals surface area contributed by atoms with E-state index in [9.17, 15) is 44.0 Å². The molecule has 92 heavy (non-hydrogen) atoms. The van der Waals surface area contributed by atoms with Gasteiger partial charge in [-0.05, 0) is 229 Å². The molecule has 2 N–H and O–H groups in total. The lowest BCUT2D eigenvalue weighted by Crippen LogP contribution is -2.30. The third-order valence-electron chi connectivity index (χ3n) is 16.6. The number of aromatic nitrogens is 6. The van der Waals surface area contributed by atoms with E-state index in [2.05, 4.69) is 35.9 Å². The molecule has 22 heteroatoms. The zero-order valence-electron chi connectivity index (χ0n) is 51.1. The third-order valence-corrected chi connectivity index (χ3v) is 21.1. The summed E-state index contributed by atoms with van der Waals surface area (Å²) in [5.41, 5.74) is 11.6. The van der Waals surface area contributed by atoms with Crippen LogP contribution in [0.2, 0.25) is 0 Å². The summed E-state index contributed by atoms with van der Waals surface area (Å²) in [7, 11) is -8.36. The van der Waals surface area contributed by atoms with E-state index in [0.29, 0.717) is 40.1 Å². The van der Waals surface area contributed by atoms with E-state index in [1.165, 1.54) is 48.5 Å². The number of fused-ring (bicyclic) bond motifs is 2. The second-order valence-electron chi connectivity index (χ2n) is 24.2. The van der Waals surface area contributed by atoms with Crippen LogP contribution in [0.1, 0.15) is 95.1 Å². The van der Waals surface area contributed by atoms with Crippen molar-refractivity contribution in [3.63, 3.8) is 0 Å². The first-order chi connectivity index (χ1) is 43.8. The van der Waals surface area contributed by atoms with Gasteiger partial charge in [-0.2, -0.15) is 0 Å². The van der Waals surface area contributed by atoms with Gasteiger partial charge in [-0.1, -0.05) is 30.3 Å². The fraction of sp³-hybridized carbons (Fsp3) is 0.286. The number of rotatable bonds is 22. The SMILES string of the molecule is Cc1cc2ncn(CC(=O)C[C@@H](Cc3cc(F)cc(F)c3)c3ncccc3-c3cccc(S(=O)(=O)CC4CC4)c3)c2cc1C.Cc1cc2ncn(CC(=O)C[C@@H](Cc3cc(F)cc(F)c3)c3ncccc3Br)c2cc1C.O=S(=O)(CC1CC1)c1cccc(B(O)O)c1. The minimum atomic E-state index is -3.46. The normalized spacial score (nSPS) is 13.9. The number of aryl methyl sites for hydroxylation is 4. The monoisotopic (exact) mass is 1350 g/mol. The van der Waals surface area contributed by atoms with Crippen molar-refractivity contribution in [3.8, 4) is 11.1 Å². The lowest BCUT2D eigenvalue weighted by Gasteiger charge is -2.20. The van der Waals surface area contributed by atoms with Gasteiger partial charge in [0.1, 0.15) is 23.3 Å². The van der Waals surface area contributed by atoms with Crippen LogP contribution < -0.4 is 5.46 Å². The van der Waals surface area contributed by atoms with Crippen molar-refractivity contribution in [2.24, 2.45) is 11.8 Å². The van der Waals surface area contributed by atoms with Gasteiger partial charge in [0.25, 0.3) is 0 Å². The first kappa shape index (κ1) is 66.9. The molecule has 0 amide bonds. The van der Waals surface area contributed by atoms with Gasteiger partial charge in [-0.3, -0.25) is 19.6 Å². The number of imidazole rings is 2. The van der Waals surface area contributed by atoms with Crippen LogP contribution in [0.25, 0.3) is 33.2 Å². The smallest absolute Gasteiger partial charge is 0.423 e. The number of hydrogen-bond acceptors (Lipinski definition) is 12. The number of carbonyl (C=O) groups is 2. The number of pyridine rings is 2. The Morgan fingerprint density at radius 3 is 1.45 bits per heavy atom. The van der Waals surface area contributed by atoms with Crippen LogP contribution in [0.5, 0.6) is 0 Å². The predicted octanol–water partition coefficient (Wildman–Crippen LogP) is 12.8. The van der Waals surface area contributed by atoms with Gasteiger partial charge in [-0.25, -0.2) is 44.4 Å². The van der Waals surface area contributed by atoms with E-state index in [1.807, 2.05) is 79.3 Å². The first-order valence-corrected chi connectivity index (χ1v) is 34.3. The Balaban J connectivity index is 0.000000168. The number of ketones is 2. The Hall–Kier alpha value is -8.02. The van der Waals surface area contributed by atoms with E-state index in [0.717, 1.165) is 86.6 Å². The maximum absolute atomic E-state index is 14.2. The van der Waals surface area contributed by atoms with Crippen molar-refractivity contribution in [2.45, 2.75) is 114 Å². The number of nitrogens with zero attached hydrogens (tertiary/aromatic N) is 6. The van der Waals surface area contributed by atoms with Crippen molar-refractivity contribution < 1.29 is 54.0 Å². The van der Waals surface area contributed by atoms with Crippen LogP contribution in [0.3, 0.4) is 0 Å². The average Bonchev–Trinajstić information content (AvgIpc) is 1.49. The quantitative estimate of drug-likeness (QED) is 0.0480. The molecule has 4 heterocycles. The minimum Gasteiger partial charge on any atom is -0.423 e. The average molecular weight is 1350 g/mol. The Morgan fingerprint density at radius 2 is 0.978 bits per heavy atom. The molecule has 0 saturated heterocycles. The van der Waals surface area contributed by atoms with Crippen LogP contribution >= 0.6 is 15.9 Å². The predicted molar refractivity (Wildman–Crippen MR) is 351 cm³/mol. The Kier molecular flexibility index (Phi) is 21.0. The highest BCUT2D eigenvalue weighted by Gasteiger charge is 2.32. The van der Waals surface area contributed by atoms with Gasteiger partial charge in [0, 0.05) is 59.2 Å². The van der Waals surface area contributed by atoms with Crippen LogP contribution in [-0.2, 0) is 55.2 Å². The Morgan fingerprint density at radius 1 is 0.543 bits per heavy atom. The molecule has 4 aromatic heterocycles. The Bertz CT molecular complexity index is 4580. The second kappa shape index (κ2) is 28.9. The first-order valence-electron chi connectivity index (χ1n) is 30.2. The summed E-state index contributed by atoms with van der Waals surface area (Å²) in [6.07, 6.45) is 11.1. The summed E-state index contributed by atoms with van der Waals surface area (Å²) in [5.74, 6) is -2.87. The molecule has 0 spiro atoms. The van der Waals surface area contributed by atoms with Crippen molar-refractivity contribution >= 4 is 81.8 Å². The minimum absolute atomic E-state index is 0.0121. The molecular formula is C70H68BBrF4N6O8S2. The largest absolute Gasteiger partial charge is 0.488 e. The summed E-state index contributed by atoms with van der Waals surface area (Å²) < 4.78 is 110. The number of benzene rings is 6. The molecule has 14 nitrogen and oxygen atoms in total. The molecule has 476 valence electrons. The lowest BCUT2D eigenvalue weighted by atomic mass is 9.80. The summed E-state index contributed by atoms with van der Waals surface area (Å²) in [4.78, 5) is 45.1. The molecule has 0 radical (unpaired) electrons. The van der Waals surface area contributed by atoms with Gasteiger partial charge in [0.05, 0.1) is 80.5 Å². The van der Waals surface area contributed by atoms with Gasteiger partial charge < -0.3 is 19.2 Å². The molecule has 2 fully saturated rings. The summed E-state index contributed by atoms with van der Waals surface area (Å²) >= 11 is 3.50. The zero-order chi connectivity index (χ0) is 65.6. The molecule has 12 rings (SSSR count). The molecule has 10 aromatic rings. The molecule has 0 aliphatic heterocycles. The van der Waals surface area contributed by atoms with E-state index in [-0.39, 0.29) is 88.4 Å². The molecule has 2 aliphatic carbocycles. The molecular weight excluding hydrogens is 1280 g/mol. The number of carbonyl (C=O) groups excluding carboxylic acids is 2.